The minimum Gasteiger partial charge on any atom is -0.507 e. The van der Waals surface area contributed by atoms with E-state index in [4.69, 9.17) is 4.42 Å². The van der Waals surface area contributed by atoms with Gasteiger partial charge >= 0.3 is 5.63 Å². The van der Waals surface area contributed by atoms with E-state index in [2.05, 4.69) is 22.8 Å². The monoisotopic (exact) mass is 434 g/mol. The van der Waals surface area contributed by atoms with E-state index in [-0.39, 0.29) is 11.4 Å². The zero-order chi connectivity index (χ0) is 21.8. The molecule has 1 aromatic carbocycles. The number of fused-ring (bicyclic) bond motifs is 7. The van der Waals surface area contributed by atoms with Crippen LogP contribution in [-0.4, -0.2) is 46.6 Å². The summed E-state index contributed by atoms with van der Waals surface area (Å²) < 4.78 is 5.68. The highest BCUT2D eigenvalue weighted by Crippen LogP contribution is 2.45. The smallest absolute Gasteiger partial charge is 0.336 e. The number of aromatic hydroxyl groups is 1. The molecule has 0 radical (unpaired) electrons. The van der Waals surface area contributed by atoms with Crippen LogP contribution in [0.5, 0.6) is 5.75 Å². The van der Waals surface area contributed by atoms with Gasteiger partial charge in [-0.1, -0.05) is 25.0 Å². The van der Waals surface area contributed by atoms with Gasteiger partial charge in [0.05, 0.1) is 5.56 Å². The Morgan fingerprint density at radius 2 is 2.09 bits per heavy atom. The molecular formula is C27H34N2O3. The molecule has 4 heterocycles. The molecule has 2 bridgehead atoms. The molecule has 6 rings (SSSR count). The van der Waals surface area contributed by atoms with Gasteiger partial charge in [-0.3, -0.25) is 9.80 Å². The third-order valence-corrected chi connectivity index (χ3v) is 8.58. The quantitative estimate of drug-likeness (QED) is 0.571. The highest BCUT2D eigenvalue weighted by Gasteiger charge is 2.46. The normalized spacial score (nSPS) is 30.6. The maximum absolute atomic E-state index is 12.2. The average molecular weight is 435 g/mol. The predicted octanol–water partition coefficient (Wildman–Crippen LogP) is 4.46. The lowest BCUT2D eigenvalue weighted by atomic mass is 9.68. The molecule has 1 aliphatic carbocycles. The van der Waals surface area contributed by atoms with E-state index in [9.17, 15) is 9.90 Å². The molecule has 0 spiro atoms. The van der Waals surface area contributed by atoms with Gasteiger partial charge < -0.3 is 9.52 Å². The SMILES string of the molecule is CCc1cc(=O)oc2c(CN3CCCC4=C[C@H]5C[C@@H](CN6CCCC[C@H]56)[C@@H]43)c(O)ccc12. The molecule has 1 N–H and O–H groups in total. The number of aryl methyl sites for hydroxylation is 1. The summed E-state index contributed by atoms with van der Waals surface area (Å²) in [5.41, 5.74) is 3.62. The second-order valence-corrected chi connectivity index (χ2v) is 10.4. The molecule has 0 saturated carbocycles. The molecule has 3 fully saturated rings. The second kappa shape index (κ2) is 8.03. The van der Waals surface area contributed by atoms with Crippen LogP contribution >= 0.6 is 0 Å². The van der Waals surface area contributed by atoms with Crippen LogP contribution in [0.1, 0.15) is 56.6 Å². The summed E-state index contributed by atoms with van der Waals surface area (Å²) in [6, 6.07) is 6.45. The molecule has 170 valence electrons. The molecule has 0 amide bonds. The van der Waals surface area contributed by atoms with Crippen molar-refractivity contribution in [1.29, 1.82) is 0 Å². The number of rotatable bonds is 3. The minimum absolute atomic E-state index is 0.235. The fraction of sp³-hybridized carbons (Fsp3) is 0.593. The van der Waals surface area contributed by atoms with Crippen LogP contribution < -0.4 is 5.63 Å². The first kappa shape index (κ1) is 20.5. The van der Waals surface area contributed by atoms with Gasteiger partial charge in [0.15, 0.2) is 0 Å². The van der Waals surface area contributed by atoms with Gasteiger partial charge in [-0.25, -0.2) is 4.79 Å². The van der Waals surface area contributed by atoms with Crippen LogP contribution in [0, 0.1) is 11.8 Å². The van der Waals surface area contributed by atoms with Crippen molar-refractivity contribution < 1.29 is 9.52 Å². The molecule has 3 saturated heterocycles. The number of nitrogens with zero attached hydrogens (tertiary/aromatic N) is 2. The van der Waals surface area contributed by atoms with Crippen molar-refractivity contribution in [2.24, 2.45) is 11.8 Å². The summed E-state index contributed by atoms with van der Waals surface area (Å²) in [4.78, 5) is 17.6. The highest BCUT2D eigenvalue weighted by atomic mass is 16.4. The first-order valence-corrected chi connectivity index (χ1v) is 12.6. The third kappa shape index (κ3) is 3.32. The minimum atomic E-state index is -0.329. The Balaban J connectivity index is 1.37. The molecule has 0 unspecified atom stereocenters. The molecule has 5 heteroatoms. The Hall–Kier alpha value is -2.11. The van der Waals surface area contributed by atoms with Gasteiger partial charge in [0.25, 0.3) is 0 Å². The molecule has 1 aromatic heterocycles. The Labute approximate surface area is 189 Å². The van der Waals surface area contributed by atoms with E-state index in [1.807, 2.05) is 6.07 Å². The number of hydrogen-bond donors (Lipinski definition) is 1. The number of phenols is 1. The molecule has 32 heavy (non-hydrogen) atoms. The number of piperidine rings is 3. The number of hydrogen-bond acceptors (Lipinski definition) is 5. The maximum Gasteiger partial charge on any atom is 0.336 e. The summed E-state index contributed by atoms with van der Waals surface area (Å²) >= 11 is 0. The van der Waals surface area contributed by atoms with Gasteiger partial charge in [0.2, 0.25) is 0 Å². The van der Waals surface area contributed by atoms with E-state index in [1.165, 1.54) is 45.2 Å². The van der Waals surface area contributed by atoms with E-state index < -0.39 is 0 Å². The first-order valence-electron chi connectivity index (χ1n) is 12.6. The highest BCUT2D eigenvalue weighted by molar-refractivity contribution is 5.85. The molecule has 2 aromatic rings. The molecule has 5 nitrogen and oxygen atoms in total. The van der Waals surface area contributed by atoms with Gasteiger partial charge in [0.1, 0.15) is 11.3 Å². The standard InChI is InChI=1S/C27H34N2O3/c1-2-17-14-25(31)32-27-21(17)8-9-24(30)22(27)16-29-11-5-6-18-12-19-13-20(26(18)29)15-28-10-4-3-7-23(19)28/h8-9,12,14,19-20,23,26,30H,2-7,10-11,13,15-16H2,1H3/t19-,20-,23+,26+/m0/s1. The van der Waals surface area contributed by atoms with Gasteiger partial charge in [-0.05, 0) is 81.1 Å². The third-order valence-electron chi connectivity index (χ3n) is 8.58. The number of likely N-dealkylation sites (tertiary alicyclic amines) is 1. The van der Waals surface area contributed by atoms with Crippen molar-refractivity contribution in [3.8, 4) is 5.75 Å². The zero-order valence-corrected chi connectivity index (χ0v) is 19.1. The predicted molar refractivity (Wildman–Crippen MR) is 126 cm³/mol. The van der Waals surface area contributed by atoms with Crippen LogP contribution in [-0.2, 0) is 13.0 Å². The summed E-state index contributed by atoms with van der Waals surface area (Å²) in [6.07, 6.45) is 11.1. The maximum atomic E-state index is 12.2. The van der Waals surface area contributed by atoms with Crippen LogP contribution in [0.3, 0.4) is 0 Å². The van der Waals surface area contributed by atoms with Crippen molar-refractivity contribution in [3.05, 3.63) is 51.4 Å². The number of benzene rings is 1. The summed E-state index contributed by atoms with van der Waals surface area (Å²) in [6.45, 7) is 6.17. The van der Waals surface area contributed by atoms with E-state index >= 15 is 0 Å². The van der Waals surface area contributed by atoms with E-state index in [0.29, 0.717) is 24.1 Å². The Kier molecular flexibility index (Phi) is 5.14. The lowest BCUT2D eigenvalue weighted by molar-refractivity contribution is -0.00274. The fourth-order valence-electron chi connectivity index (χ4n) is 7.25. The molecular weight excluding hydrogens is 400 g/mol. The van der Waals surface area contributed by atoms with Crippen molar-refractivity contribution >= 4 is 11.0 Å². The summed E-state index contributed by atoms with van der Waals surface area (Å²) in [5, 5.41) is 11.8. The second-order valence-electron chi connectivity index (χ2n) is 10.4. The van der Waals surface area contributed by atoms with Gasteiger partial charge in [-0.2, -0.15) is 0 Å². The van der Waals surface area contributed by atoms with E-state index in [0.717, 1.165) is 47.9 Å². The zero-order valence-electron chi connectivity index (χ0n) is 19.1. The summed E-state index contributed by atoms with van der Waals surface area (Å²) in [7, 11) is 0. The van der Waals surface area contributed by atoms with Crippen molar-refractivity contribution in [2.45, 2.75) is 70.5 Å². The topological polar surface area (TPSA) is 56.9 Å². The van der Waals surface area contributed by atoms with Crippen LogP contribution in [0.25, 0.3) is 11.0 Å². The Morgan fingerprint density at radius 3 is 2.97 bits per heavy atom. The van der Waals surface area contributed by atoms with Crippen molar-refractivity contribution in [3.63, 3.8) is 0 Å². The largest absolute Gasteiger partial charge is 0.507 e. The van der Waals surface area contributed by atoms with Crippen molar-refractivity contribution in [2.75, 3.05) is 19.6 Å². The first-order chi connectivity index (χ1) is 15.6. The van der Waals surface area contributed by atoms with Gasteiger partial charge in [0, 0.05) is 36.6 Å². The van der Waals surface area contributed by atoms with Crippen LogP contribution in [0.4, 0.5) is 0 Å². The van der Waals surface area contributed by atoms with Crippen LogP contribution in [0.15, 0.2) is 39.1 Å². The number of phenolic OH excluding ortho intramolecular Hbond substituents is 1. The van der Waals surface area contributed by atoms with E-state index in [1.54, 1.807) is 17.7 Å². The summed E-state index contributed by atoms with van der Waals surface area (Å²) in [5.74, 6) is 1.61. The molecule has 3 aliphatic heterocycles. The average Bonchev–Trinajstić information content (AvgIpc) is 2.80. The lowest BCUT2D eigenvalue weighted by Crippen LogP contribution is -2.59. The van der Waals surface area contributed by atoms with Crippen molar-refractivity contribution in [1.82, 2.24) is 9.80 Å². The lowest BCUT2D eigenvalue weighted by Gasteiger charge is -2.54. The Bertz CT molecular complexity index is 1120. The van der Waals surface area contributed by atoms with Gasteiger partial charge in [-0.15, -0.1) is 0 Å². The fourth-order valence-corrected chi connectivity index (χ4v) is 7.25. The van der Waals surface area contributed by atoms with Crippen LogP contribution in [0.2, 0.25) is 0 Å². The molecule has 4 aliphatic rings. The Morgan fingerprint density at radius 1 is 1.19 bits per heavy atom. The molecule has 4 atom stereocenters.